The highest BCUT2D eigenvalue weighted by Gasteiger charge is 2.02. The number of benzene rings is 2. The average Bonchev–Trinajstić information content (AvgIpc) is 2.54. The van der Waals surface area contributed by atoms with Crippen molar-refractivity contribution in [3.05, 3.63) is 71.3 Å². The third-order valence-corrected chi connectivity index (χ3v) is 3.19. The number of nitriles is 1. The lowest BCUT2D eigenvalue weighted by Gasteiger charge is -2.08. The number of nitrogens with zero attached hydrogens (tertiary/aromatic N) is 1. The van der Waals surface area contributed by atoms with Crippen LogP contribution >= 0.6 is 12.2 Å². The standard InChI is InChI=1S/C18H15N3OS/c1-13-5-7-14(8-6-13)9-10-17(22)21-18(23)20-16-4-2-3-15(11-16)12-19/h2-11H,1H3,(H2,20,21,22,23)/b10-9+. The molecule has 2 aromatic carbocycles. The third-order valence-electron chi connectivity index (χ3n) is 2.99. The predicted octanol–water partition coefficient (Wildman–Crippen LogP) is 3.39. The van der Waals surface area contributed by atoms with Gasteiger partial charge in [-0.15, -0.1) is 0 Å². The number of thiocarbonyl (C=S) groups is 1. The quantitative estimate of drug-likeness (QED) is 0.672. The van der Waals surface area contributed by atoms with Crippen molar-refractivity contribution in [3.8, 4) is 6.07 Å². The SMILES string of the molecule is Cc1ccc(/C=C/C(=O)NC(=S)Nc2cccc(C#N)c2)cc1. The molecule has 0 bridgehead atoms. The molecular weight excluding hydrogens is 306 g/mol. The molecule has 114 valence electrons. The second kappa shape index (κ2) is 7.87. The lowest BCUT2D eigenvalue weighted by Crippen LogP contribution is -2.32. The Morgan fingerprint density at radius 2 is 1.96 bits per heavy atom. The summed E-state index contributed by atoms with van der Waals surface area (Å²) >= 11 is 5.08. The van der Waals surface area contributed by atoms with Crippen molar-refractivity contribution in [1.82, 2.24) is 5.32 Å². The molecule has 1 amide bonds. The van der Waals surface area contributed by atoms with Gasteiger partial charge in [-0.3, -0.25) is 10.1 Å². The zero-order valence-electron chi connectivity index (χ0n) is 12.5. The molecular formula is C18H15N3OS. The summed E-state index contributed by atoms with van der Waals surface area (Å²) in [6.07, 6.45) is 3.14. The highest BCUT2D eigenvalue weighted by Crippen LogP contribution is 2.09. The van der Waals surface area contributed by atoms with Gasteiger partial charge in [-0.25, -0.2) is 0 Å². The molecule has 0 heterocycles. The molecule has 2 N–H and O–H groups in total. The van der Waals surface area contributed by atoms with Gasteiger partial charge in [-0.2, -0.15) is 5.26 Å². The van der Waals surface area contributed by atoms with Gasteiger partial charge in [0.2, 0.25) is 5.91 Å². The number of nitrogens with one attached hydrogen (secondary N) is 2. The summed E-state index contributed by atoms with van der Waals surface area (Å²) in [4.78, 5) is 11.8. The number of aryl methyl sites for hydroxylation is 1. The molecule has 0 saturated heterocycles. The average molecular weight is 321 g/mol. The fourth-order valence-corrected chi connectivity index (χ4v) is 2.05. The Morgan fingerprint density at radius 3 is 2.65 bits per heavy atom. The van der Waals surface area contributed by atoms with E-state index in [2.05, 4.69) is 10.6 Å². The van der Waals surface area contributed by atoms with E-state index >= 15 is 0 Å². The van der Waals surface area contributed by atoms with Gasteiger partial charge in [0, 0.05) is 11.8 Å². The van der Waals surface area contributed by atoms with Crippen LogP contribution in [0.3, 0.4) is 0 Å². The van der Waals surface area contributed by atoms with Crippen LogP contribution in [-0.4, -0.2) is 11.0 Å². The van der Waals surface area contributed by atoms with Crippen LogP contribution in [0.5, 0.6) is 0 Å². The van der Waals surface area contributed by atoms with Crippen LogP contribution in [0.4, 0.5) is 5.69 Å². The van der Waals surface area contributed by atoms with Crippen LogP contribution in [-0.2, 0) is 4.79 Å². The van der Waals surface area contributed by atoms with Crippen LogP contribution in [0, 0.1) is 18.3 Å². The molecule has 0 saturated carbocycles. The molecule has 0 aromatic heterocycles. The Morgan fingerprint density at radius 1 is 1.22 bits per heavy atom. The molecule has 0 fully saturated rings. The normalized spacial score (nSPS) is 10.1. The van der Waals surface area contributed by atoms with Crippen LogP contribution in [0.15, 0.2) is 54.6 Å². The fraction of sp³-hybridized carbons (Fsp3) is 0.0556. The van der Waals surface area contributed by atoms with Gasteiger partial charge < -0.3 is 5.32 Å². The summed E-state index contributed by atoms with van der Waals surface area (Å²) in [5.74, 6) is -0.320. The number of rotatable bonds is 3. The maximum atomic E-state index is 11.8. The number of anilines is 1. The Bertz CT molecular complexity index is 789. The van der Waals surface area contributed by atoms with Crippen LogP contribution in [0.2, 0.25) is 0 Å². The molecule has 2 aromatic rings. The highest BCUT2D eigenvalue weighted by molar-refractivity contribution is 7.80. The highest BCUT2D eigenvalue weighted by atomic mass is 32.1. The van der Waals surface area contributed by atoms with Crippen molar-refractivity contribution in [3.63, 3.8) is 0 Å². The number of hydrogen-bond donors (Lipinski definition) is 2. The molecule has 0 aliphatic rings. The van der Waals surface area contributed by atoms with Crippen molar-refractivity contribution in [2.75, 3.05) is 5.32 Å². The molecule has 2 rings (SSSR count). The van der Waals surface area contributed by atoms with E-state index in [9.17, 15) is 4.79 Å². The second-order valence-corrected chi connectivity index (χ2v) is 5.29. The van der Waals surface area contributed by atoms with Crippen LogP contribution < -0.4 is 10.6 Å². The zero-order valence-corrected chi connectivity index (χ0v) is 13.4. The van der Waals surface area contributed by atoms with E-state index in [0.717, 1.165) is 11.1 Å². The van der Waals surface area contributed by atoms with Gasteiger partial charge in [0.1, 0.15) is 0 Å². The van der Waals surface area contributed by atoms with E-state index in [-0.39, 0.29) is 11.0 Å². The number of carbonyl (C=O) groups is 1. The number of carbonyl (C=O) groups excluding carboxylic acids is 1. The minimum Gasteiger partial charge on any atom is -0.332 e. The van der Waals surface area contributed by atoms with Gasteiger partial charge in [-0.05, 0) is 49.0 Å². The van der Waals surface area contributed by atoms with Crippen molar-refractivity contribution in [1.29, 1.82) is 5.26 Å². The van der Waals surface area contributed by atoms with E-state index in [1.54, 1.807) is 30.3 Å². The Hall–Kier alpha value is -2.97. The number of hydrogen-bond acceptors (Lipinski definition) is 3. The van der Waals surface area contributed by atoms with Gasteiger partial charge in [0.15, 0.2) is 5.11 Å². The first kappa shape index (κ1) is 16.4. The van der Waals surface area contributed by atoms with Gasteiger partial charge in [-0.1, -0.05) is 35.9 Å². The summed E-state index contributed by atoms with van der Waals surface area (Å²) < 4.78 is 0. The smallest absolute Gasteiger partial charge is 0.250 e. The molecule has 0 aliphatic carbocycles. The maximum absolute atomic E-state index is 11.8. The number of amides is 1. The van der Waals surface area contributed by atoms with Crippen LogP contribution in [0.25, 0.3) is 6.08 Å². The minimum absolute atomic E-state index is 0.179. The Balaban J connectivity index is 1.90. The first-order chi connectivity index (χ1) is 11.1. The first-order valence-electron chi connectivity index (χ1n) is 6.94. The van der Waals surface area contributed by atoms with E-state index in [1.807, 2.05) is 37.3 Å². The van der Waals surface area contributed by atoms with E-state index in [4.69, 9.17) is 17.5 Å². The van der Waals surface area contributed by atoms with Crippen molar-refractivity contribution >= 4 is 35.0 Å². The van der Waals surface area contributed by atoms with Crippen molar-refractivity contribution in [2.45, 2.75) is 6.92 Å². The maximum Gasteiger partial charge on any atom is 0.250 e. The molecule has 0 unspecified atom stereocenters. The lowest BCUT2D eigenvalue weighted by atomic mass is 10.1. The summed E-state index contributed by atoms with van der Waals surface area (Å²) in [5.41, 5.74) is 3.27. The zero-order chi connectivity index (χ0) is 16.7. The summed E-state index contributed by atoms with van der Waals surface area (Å²) in [6.45, 7) is 2.01. The summed E-state index contributed by atoms with van der Waals surface area (Å²) in [6, 6.07) is 16.7. The van der Waals surface area contributed by atoms with Gasteiger partial charge in [0.05, 0.1) is 11.6 Å². The van der Waals surface area contributed by atoms with E-state index < -0.39 is 0 Å². The molecule has 23 heavy (non-hydrogen) atoms. The summed E-state index contributed by atoms with van der Waals surface area (Å²) in [5, 5.41) is 14.5. The monoisotopic (exact) mass is 321 g/mol. The molecule has 5 heteroatoms. The van der Waals surface area contributed by atoms with Crippen molar-refractivity contribution < 1.29 is 4.79 Å². The fourth-order valence-electron chi connectivity index (χ4n) is 1.83. The van der Waals surface area contributed by atoms with Crippen LogP contribution in [0.1, 0.15) is 16.7 Å². The first-order valence-corrected chi connectivity index (χ1v) is 7.34. The second-order valence-electron chi connectivity index (χ2n) is 4.88. The predicted molar refractivity (Wildman–Crippen MR) is 95.7 cm³/mol. The third kappa shape index (κ3) is 5.38. The van der Waals surface area contributed by atoms with E-state index in [0.29, 0.717) is 11.3 Å². The van der Waals surface area contributed by atoms with Gasteiger partial charge >= 0.3 is 0 Å². The molecule has 0 atom stereocenters. The molecule has 4 nitrogen and oxygen atoms in total. The minimum atomic E-state index is -0.320. The lowest BCUT2D eigenvalue weighted by molar-refractivity contribution is -0.115. The summed E-state index contributed by atoms with van der Waals surface area (Å²) in [7, 11) is 0. The Labute approximate surface area is 140 Å². The largest absolute Gasteiger partial charge is 0.332 e. The molecule has 0 radical (unpaired) electrons. The molecule has 0 aliphatic heterocycles. The topological polar surface area (TPSA) is 64.9 Å². The van der Waals surface area contributed by atoms with Crippen molar-refractivity contribution in [2.24, 2.45) is 0 Å². The molecule has 0 spiro atoms. The van der Waals surface area contributed by atoms with E-state index in [1.165, 1.54) is 6.08 Å². The van der Waals surface area contributed by atoms with Gasteiger partial charge in [0.25, 0.3) is 0 Å². The Kier molecular flexibility index (Phi) is 5.61.